The molecule has 7 nitrogen and oxygen atoms in total. The number of rotatable bonds is 3. The fourth-order valence-electron chi connectivity index (χ4n) is 4.54. The van der Waals surface area contributed by atoms with Gasteiger partial charge in [0.1, 0.15) is 0 Å². The molecule has 25 heavy (non-hydrogen) atoms. The maximum absolute atomic E-state index is 12.5. The summed E-state index contributed by atoms with van der Waals surface area (Å²) in [5, 5.41) is 0. The minimum absolute atomic E-state index is 0.0244. The van der Waals surface area contributed by atoms with Crippen molar-refractivity contribution < 1.29 is 18.0 Å². The van der Waals surface area contributed by atoms with E-state index in [0.717, 1.165) is 32.6 Å². The van der Waals surface area contributed by atoms with E-state index < -0.39 is 9.84 Å². The minimum atomic E-state index is -2.86. The Balaban J connectivity index is 1.32. The van der Waals surface area contributed by atoms with Crippen LogP contribution in [0.2, 0.25) is 0 Å². The molecule has 0 aromatic heterocycles. The number of allylic oxidation sites excluding steroid dienone is 2. The molecule has 3 saturated heterocycles. The minimum Gasteiger partial charge on any atom is -0.297 e. The van der Waals surface area contributed by atoms with Gasteiger partial charge in [0.2, 0.25) is 11.8 Å². The fraction of sp³-hybridized carbons (Fsp3) is 0.765. The first kappa shape index (κ1) is 17.2. The molecule has 0 aromatic carbocycles. The zero-order valence-corrected chi connectivity index (χ0v) is 15.2. The van der Waals surface area contributed by atoms with Crippen molar-refractivity contribution in [1.82, 2.24) is 14.7 Å². The predicted octanol–water partition coefficient (Wildman–Crippen LogP) is -0.300. The number of carbonyl (C=O) groups is 2. The summed E-state index contributed by atoms with van der Waals surface area (Å²) in [7, 11) is -2.86. The van der Waals surface area contributed by atoms with Crippen molar-refractivity contribution in [3.05, 3.63) is 12.2 Å². The Hall–Kier alpha value is -1.25. The Morgan fingerprint density at radius 1 is 0.960 bits per heavy atom. The molecule has 3 aliphatic heterocycles. The largest absolute Gasteiger partial charge is 0.297 e. The van der Waals surface area contributed by atoms with E-state index in [9.17, 15) is 18.0 Å². The first-order valence-electron chi connectivity index (χ1n) is 9.12. The third kappa shape index (κ3) is 3.27. The first-order valence-corrected chi connectivity index (χ1v) is 10.9. The Kier molecular flexibility index (Phi) is 4.45. The van der Waals surface area contributed by atoms with Crippen LogP contribution in [0, 0.1) is 11.8 Å². The van der Waals surface area contributed by atoms with Gasteiger partial charge < -0.3 is 0 Å². The summed E-state index contributed by atoms with van der Waals surface area (Å²) in [6.07, 6.45) is 6.08. The van der Waals surface area contributed by atoms with Gasteiger partial charge in [0.25, 0.3) is 0 Å². The highest BCUT2D eigenvalue weighted by Crippen LogP contribution is 2.35. The number of hydrogen-bond acceptors (Lipinski definition) is 6. The van der Waals surface area contributed by atoms with Crippen LogP contribution in [0.15, 0.2) is 12.2 Å². The van der Waals surface area contributed by atoms with Crippen LogP contribution < -0.4 is 0 Å². The van der Waals surface area contributed by atoms with Gasteiger partial charge >= 0.3 is 0 Å². The molecule has 0 bridgehead atoms. The van der Waals surface area contributed by atoms with Crippen LogP contribution in [0.4, 0.5) is 0 Å². The SMILES string of the molecule is O=C1[C@H]2CC=CC[C@H]2C(=O)N1CN1CCN([C@@H]2CCS(=O)(=O)C2)CC1. The van der Waals surface area contributed by atoms with E-state index in [1.165, 1.54) is 4.90 Å². The molecule has 0 unspecified atom stereocenters. The van der Waals surface area contributed by atoms with Crippen LogP contribution >= 0.6 is 0 Å². The number of carbonyl (C=O) groups excluding carboxylic acids is 2. The quantitative estimate of drug-likeness (QED) is 0.503. The van der Waals surface area contributed by atoms with Gasteiger partial charge in [-0.15, -0.1) is 0 Å². The second-order valence-electron chi connectivity index (χ2n) is 7.61. The smallest absolute Gasteiger partial charge is 0.234 e. The molecule has 8 heteroatoms. The predicted molar refractivity (Wildman–Crippen MR) is 92.3 cm³/mol. The molecule has 0 N–H and O–H groups in total. The van der Waals surface area contributed by atoms with E-state index in [-0.39, 0.29) is 35.4 Å². The lowest BCUT2D eigenvalue weighted by Gasteiger charge is -2.38. The van der Waals surface area contributed by atoms with E-state index in [1.807, 2.05) is 12.2 Å². The van der Waals surface area contributed by atoms with E-state index in [1.54, 1.807) is 0 Å². The molecule has 1 aliphatic carbocycles. The Morgan fingerprint density at radius 3 is 2.08 bits per heavy atom. The van der Waals surface area contributed by atoms with E-state index in [2.05, 4.69) is 9.80 Å². The molecular formula is C17H25N3O4S. The van der Waals surface area contributed by atoms with Crippen LogP contribution in [0.5, 0.6) is 0 Å². The van der Waals surface area contributed by atoms with Gasteiger partial charge in [0, 0.05) is 32.2 Å². The molecule has 3 fully saturated rings. The van der Waals surface area contributed by atoms with E-state index >= 15 is 0 Å². The number of piperazine rings is 1. The van der Waals surface area contributed by atoms with Crippen LogP contribution in [0.3, 0.4) is 0 Å². The zero-order chi connectivity index (χ0) is 17.6. The van der Waals surface area contributed by atoms with Gasteiger partial charge in [0.05, 0.1) is 30.0 Å². The molecule has 4 aliphatic rings. The Morgan fingerprint density at radius 2 is 1.56 bits per heavy atom. The summed E-state index contributed by atoms with van der Waals surface area (Å²) < 4.78 is 23.3. The summed E-state index contributed by atoms with van der Waals surface area (Å²) in [5.41, 5.74) is 0. The van der Waals surface area contributed by atoms with Crippen molar-refractivity contribution in [3.8, 4) is 0 Å². The van der Waals surface area contributed by atoms with Crippen molar-refractivity contribution in [3.63, 3.8) is 0 Å². The van der Waals surface area contributed by atoms with Crippen molar-refractivity contribution in [2.24, 2.45) is 11.8 Å². The fourth-order valence-corrected chi connectivity index (χ4v) is 6.30. The lowest BCUT2D eigenvalue weighted by Crippen LogP contribution is -2.53. The highest BCUT2D eigenvalue weighted by Gasteiger charge is 2.47. The number of sulfone groups is 1. The third-order valence-electron chi connectivity index (χ3n) is 6.07. The lowest BCUT2D eigenvalue weighted by atomic mass is 9.85. The van der Waals surface area contributed by atoms with E-state index in [0.29, 0.717) is 25.3 Å². The van der Waals surface area contributed by atoms with E-state index in [4.69, 9.17) is 0 Å². The van der Waals surface area contributed by atoms with Crippen LogP contribution in [-0.2, 0) is 19.4 Å². The average molecular weight is 367 g/mol. The highest BCUT2D eigenvalue weighted by molar-refractivity contribution is 7.91. The molecule has 0 aromatic rings. The van der Waals surface area contributed by atoms with Crippen molar-refractivity contribution in [2.45, 2.75) is 25.3 Å². The number of hydrogen-bond donors (Lipinski definition) is 0. The molecule has 0 saturated carbocycles. The van der Waals surface area contributed by atoms with Crippen molar-refractivity contribution in [2.75, 3.05) is 44.4 Å². The van der Waals surface area contributed by atoms with Crippen molar-refractivity contribution >= 4 is 21.7 Å². The summed E-state index contributed by atoms with van der Waals surface area (Å²) in [5.74, 6) is 0.190. The second kappa shape index (κ2) is 6.48. The van der Waals surface area contributed by atoms with Crippen molar-refractivity contribution in [1.29, 1.82) is 0 Å². The maximum Gasteiger partial charge on any atom is 0.234 e. The van der Waals surface area contributed by atoms with Gasteiger partial charge in [-0.25, -0.2) is 8.42 Å². The third-order valence-corrected chi connectivity index (χ3v) is 7.82. The topological polar surface area (TPSA) is 78.0 Å². The molecule has 2 amide bonds. The van der Waals surface area contributed by atoms with Crippen LogP contribution in [0.1, 0.15) is 19.3 Å². The summed E-state index contributed by atoms with van der Waals surface area (Å²) in [6, 6.07) is 0.135. The molecule has 3 heterocycles. The second-order valence-corrected chi connectivity index (χ2v) is 9.84. The molecule has 4 rings (SSSR count). The average Bonchev–Trinajstić information content (AvgIpc) is 3.09. The molecule has 138 valence electrons. The molecule has 0 radical (unpaired) electrons. The molecule has 3 atom stereocenters. The summed E-state index contributed by atoms with van der Waals surface area (Å²) >= 11 is 0. The number of imide groups is 1. The monoisotopic (exact) mass is 367 g/mol. The number of amides is 2. The number of fused-ring (bicyclic) bond motifs is 1. The zero-order valence-electron chi connectivity index (χ0n) is 14.3. The van der Waals surface area contributed by atoms with Gasteiger partial charge in [-0.05, 0) is 19.3 Å². The van der Waals surface area contributed by atoms with Crippen LogP contribution in [0.25, 0.3) is 0 Å². The first-order chi connectivity index (χ1) is 11.9. The maximum atomic E-state index is 12.5. The normalized spacial score (nSPS) is 36.2. The van der Waals surface area contributed by atoms with Gasteiger partial charge in [-0.2, -0.15) is 0 Å². The van der Waals surface area contributed by atoms with Gasteiger partial charge in [0.15, 0.2) is 9.84 Å². The Bertz CT molecular complexity index is 671. The summed E-state index contributed by atoms with van der Waals surface area (Å²) in [6.45, 7) is 3.50. The van der Waals surface area contributed by atoms with Gasteiger partial charge in [-0.3, -0.25) is 24.3 Å². The lowest BCUT2D eigenvalue weighted by molar-refractivity contribution is -0.142. The van der Waals surface area contributed by atoms with Gasteiger partial charge in [-0.1, -0.05) is 12.2 Å². The number of likely N-dealkylation sites (tertiary alicyclic amines) is 1. The summed E-state index contributed by atoms with van der Waals surface area (Å²) in [4.78, 5) is 30.9. The Labute approximate surface area is 148 Å². The molecule has 0 spiro atoms. The number of nitrogens with zero attached hydrogens (tertiary/aromatic N) is 3. The van der Waals surface area contributed by atoms with Crippen LogP contribution in [-0.4, -0.2) is 85.3 Å². The molecular weight excluding hydrogens is 342 g/mol. The standard InChI is InChI=1S/C17H25N3O4S/c21-16-14-3-1-2-4-15(14)17(22)20(16)12-18-6-8-19(9-7-18)13-5-10-25(23,24)11-13/h1-2,13-15H,3-12H2/t13-,14-,15+/m1/s1. The highest BCUT2D eigenvalue weighted by atomic mass is 32.2.